The summed E-state index contributed by atoms with van der Waals surface area (Å²) in [4.78, 5) is 14.6. The van der Waals surface area contributed by atoms with E-state index in [2.05, 4.69) is 4.90 Å². The molecule has 2 saturated carbocycles. The Labute approximate surface area is 116 Å². The first-order chi connectivity index (χ1) is 9.13. The molecule has 5 unspecified atom stereocenters. The van der Waals surface area contributed by atoms with E-state index in [-0.39, 0.29) is 6.10 Å². The van der Waals surface area contributed by atoms with Crippen molar-refractivity contribution >= 4 is 5.91 Å². The van der Waals surface area contributed by atoms with Crippen LogP contribution in [0.2, 0.25) is 0 Å². The molecule has 2 bridgehead atoms. The first-order valence-electron chi connectivity index (χ1n) is 8.11. The van der Waals surface area contributed by atoms with Gasteiger partial charge >= 0.3 is 0 Å². The summed E-state index contributed by atoms with van der Waals surface area (Å²) in [5.41, 5.74) is 0. The third-order valence-electron chi connectivity index (χ3n) is 5.63. The van der Waals surface area contributed by atoms with E-state index in [0.717, 1.165) is 44.1 Å². The zero-order chi connectivity index (χ0) is 13.4. The van der Waals surface area contributed by atoms with Gasteiger partial charge in [-0.05, 0) is 63.2 Å². The van der Waals surface area contributed by atoms with Gasteiger partial charge in [0.2, 0.25) is 5.91 Å². The third-order valence-corrected chi connectivity index (χ3v) is 5.63. The first kappa shape index (κ1) is 13.4. The molecule has 0 aromatic carbocycles. The number of fused-ring (bicyclic) bond motifs is 2. The predicted molar refractivity (Wildman–Crippen MR) is 74.6 cm³/mol. The van der Waals surface area contributed by atoms with Crippen molar-refractivity contribution in [3.63, 3.8) is 0 Å². The molecule has 2 aliphatic carbocycles. The second kappa shape index (κ2) is 5.43. The lowest BCUT2D eigenvalue weighted by Crippen LogP contribution is -2.38. The van der Waals surface area contributed by atoms with Crippen LogP contribution < -0.4 is 0 Å². The highest BCUT2D eigenvalue weighted by atomic mass is 16.3. The van der Waals surface area contributed by atoms with Crippen molar-refractivity contribution < 1.29 is 9.90 Å². The van der Waals surface area contributed by atoms with Crippen LogP contribution in [-0.4, -0.2) is 34.6 Å². The molecule has 108 valence electrons. The molecule has 0 aromatic rings. The largest absolute Gasteiger partial charge is 0.393 e. The Kier molecular flexibility index (Phi) is 3.84. The van der Waals surface area contributed by atoms with Crippen LogP contribution in [0, 0.1) is 17.8 Å². The van der Waals surface area contributed by atoms with E-state index in [4.69, 9.17) is 0 Å². The molecular weight excluding hydrogens is 238 g/mol. The number of amides is 1. The molecule has 3 nitrogen and oxygen atoms in total. The number of hydrogen-bond acceptors (Lipinski definition) is 2. The van der Waals surface area contributed by atoms with Crippen LogP contribution >= 0.6 is 0 Å². The van der Waals surface area contributed by atoms with Crippen LogP contribution in [0.1, 0.15) is 58.3 Å². The minimum Gasteiger partial charge on any atom is -0.393 e. The monoisotopic (exact) mass is 265 g/mol. The van der Waals surface area contributed by atoms with Gasteiger partial charge in [-0.15, -0.1) is 0 Å². The van der Waals surface area contributed by atoms with Crippen LogP contribution in [0.25, 0.3) is 0 Å². The quantitative estimate of drug-likeness (QED) is 0.848. The summed E-state index contributed by atoms with van der Waals surface area (Å²) in [5.74, 6) is 2.79. The molecule has 3 fully saturated rings. The number of nitrogens with zero attached hydrogens (tertiary/aromatic N) is 1. The minimum absolute atomic E-state index is 0.291. The van der Waals surface area contributed by atoms with Gasteiger partial charge in [0, 0.05) is 19.0 Å². The number of aliphatic hydroxyl groups excluding tert-OH is 1. The van der Waals surface area contributed by atoms with Gasteiger partial charge in [-0.1, -0.05) is 6.42 Å². The fraction of sp³-hybridized carbons (Fsp3) is 0.938. The van der Waals surface area contributed by atoms with Gasteiger partial charge in [0.1, 0.15) is 0 Å². The average Bonchev–Trinajstić information content (AvgIpc) is 3.03. The van der Waals surface area contributed by atoms with Crippen molar-refractivity contribution in [2.45, 2.75) is 70.4 Å². The molecule has 5 atom stereocenters. The fourth-order valence-electron chi connectivity index (χ4n) is 4.77. The Morgan fingerprint density at radius 3 is 2.79 bits per heavy atom. The maximum absolute atomic E-state index is 12.5. The summed E-state index contributed by atoms with van der Waals surface area (Å²) in [7, 11) is 0. The maximum atomic E-state index is 12.5. The molecular formula is C16H27NO2. The van der Waals surface area contributed by atoms with Gasteiger partial charge in [0.25, 0.3) is 0 Å². The van der Waals surface area contributed by atoms with Gasteiger partial charge in [-0.2, -0.15) is 0 Å². The molecule has 1 heterocycles. The number of hydrogen-bond donors (Lipinski definition) is 1. The molecule has 1 N–H and O–H groups in total. The van der Waals surface area contributed by atoms with Crippen LogP contribution in [-0.2, 0) is 4.79 Å². The third kappa shape index (κ3) is 2.81. The summed E-state index contributed by atoms with van der Waals surface area (Å²) in [5, 5.41) is 9.54. The lowest BCUT2D eigenvalue weighted by atomic mass is 9.86. The van der Waals surface area contributed by atoms with Crippen molar-refractivity contribution in [3.05, 3.63) is 0 Å². The van der Waals surface area contributed by atoms with Gasteiger partial charge in [0.05, 0.1) is 6.10 Å². The van der Waals surface area contributed by atoms with Crippen LogP contribution in [0.4, 0.5) is 0 Å². The molecule has 0 radical (unpaired) electrons. The Bertz CT molecular complexity index is 342. The topological polar surface area (TPSA) is 40.5 Å². The van der Waals surface area contributed by atoms with E-state index in [0.29, 0.717) is 17.9 Å². The fourth-order valence-corrected chi connectivity index (χ4v) is 4.77. The zero-order valence-corrected chi connectivity index (χ0v) is 12.1. The number of likely N-dealkylation sites (tertiary alicyclic amines) is 1. The smallest absolute Gasteiger partial charge is 0.223 e. The normalized spacial score (nSPS) is 38.9. The van der Waals surface area contributed by atoms with Crippen molar-refractivity contribution in [3.8, 4) is 0 Å². The number of carbonyl (C=O) groups is 1. The molecule has 1 amide bonds. The van der Waals surface area contributed by atoms with Gasteiger partial charge in [-0.3, -0.25) is 4.79 Å². The van der Waals surface area contributed by atoms with E-state index >= 15 is 0 Å². The molecule has 1 aliphatic heterocycles. The molecule has 3 aliphatic rings. The Hall–Kier alpha value is -0.570. The summed E-state index contributed by atoms with van der Waals surface area (Å²) < 4.78 is 0. The Morgan fingerprint density at radius 2 is 2.16 bits per heavy atom. The second-order valence-corrected chi connectivity index (χ2v) is 7.11. The van der Waals surface area contributed by atoms with Gasteiger partial charge in [0.15, 0.2) is 0 Å². The predicted octanol–water partition coefficient (Wildman–Crippen LogP) is 2.57. The van der Waals surface area contributed by atoms with Crippen LogP contribution in [0.3, 0.4) is 0 Å². The van der Waals surface area contributed by atoms with Crippen LogP contribution in [0.5, 0.6) is 0 Å². The Balaban J connectivity index is 1.54. The standard InChI is InChI=1S/C16H27NO2/c1-11(18)7-15-3-2-6-17(15)16(19)10-14-9-12-4-5-13(14)8-12/h11-15,18H,2-10H2,1H3. The molecule has 3 heteroatoms. The number of carbonyl (C=O) groups excluding carboxylic acids is 1. The van der Waals surface area contributed by atoms with E-state index in [1.54, 1.807) is 0 Å². The van der Waals surface area contributed by atoms with Crippen molar-refractivity contribution in [1.82, 2.24) is 4.90 Å². The number of rotatable bonds is 4. The zero-order valence-electron chi connectivity index (χ0n) is 12.1. The van der Waals surface area contributed by atoms with Gasteiger partial charge < -0.3 is 10.0 Å². The van der Waals surface area contributed by atoms with Crippen molar-refractivity contribution in [2.75, 3.05) is 6.54 Å². The number of aliphatic hydroxyl groups is 1. The molecule has 0 aromatic heterocycles. The SMILES string of the molecule is CC(O)CC1CCCN1C(=O)CC1CC2CCC1C2. The second-order valence-electron chi connectivity index (χ2n) is 7.11. The Morgan fingerprint density at radius 1 is 1.32 bits per heavy atom. The molecule has 1 saturated heterocycles. The molecule has 3 rings (SSSR count). The maximum Gasteiger partial charge on any atom is 0.223 e. The van der Waals surface area contributed by atoms with E-state index in [9.17, 15) is 9.90 Å². The van der Waals surface area contributed by atoms with Gasteiger partial charge in [-0.25, -0.2) is 0 Å². The highest BCUT2D eigenvalue weighted by molar-refractivity contribution is 5.77. The highest BCUT2D eigenvalue weighted by Gasteiger charge is 2.41. The van der Waals surface area contributed by atoms with E-state index in [1.165, 1.54) is 25.7 Å². The average molecular weight is 265 g/mol. The van der Waals surface area contributed by atoms with Crippen molar-refractivity contribution in [2.24, 2.45) is 17.8 Å². The molecule has 19 heavy (non-hydrogen) atoms. The van der Waals surface area contributed by atoms with Crippen molar-refractivity contribution in [1.29, 1.82) is 0 Å². The van der Waals surface area contributed by atoms with E-state index < -0.39 is 0 Å². The molecule has 0 spiro atoms. The summed E-state index contributed by atoms with van der Waals surface area (Å²) in [6, 6.07) is 0.297. The van der Waals surface area contributed by atoms with E-state index in [1.807, 2.05) is 6.92 Å². The minimum atomic E-state index is -0.291. The lowest BCUT2D eigenvalue weighted by molar-refractivity contribution is -0.133. The highest BCUT2D eigenvalue weighted by Crippen LogP contribution is 2.49. The summed E-state index contributed by atoms with van der Waals surface area (Å²) >= 11 is 0. The summed E-state index contributed by atoms with van der Waals surface area (Å²) in [6.07, 6.45) is 8.87. The lowest BCUT2D eigenvalue weighted by Gasteiger charge is -2.29. The van der Waals surface area contributed by atoms with Crippen LogP contribution in [0.15, 0.2) is 0 Å². The summed E-state index contributed by atoms with van der Waals surface area (Å²) in [6.45, 7) is 2.74. The first-order valence-corrected chi connectivity index (χ1v) is 8.11.